The zero-order valence-electron chi connectivity index (χ0n) is 11.7. The molecule has 1 heterocycles. The minimum atomic E-state index is -0.515. The number of nitrogens with zero attached hydrogens (tertiary/aromatic N) is 1. The minimum Gasteiger partial charge on any atom is -0.493 e. The molecule has 0 amide bonds. The third-order valence-electron chi connectivity index (χ3n) is 3.57. The largest absolute Gasteiger partial charge is 0.493 e. The fourth-order valence-corrected chi connectivity index (χ4v) is 2.54. The van der Waals surface area contributed by atoms with E-state index in [9.17, 15) is 5.11 Å². The van der Waals surface area contributed by atoms with Crippen molar-refractivity contribution in [2.24, 2.45) is 0 Å². The lowest BCUT2D eigenvalue weighted by Gasteiger charge is -2.21. The van der Waals surface area contributed by atoms with Crippen LogP contribution in [-0.4, -0.2) is 49.5 Å². The van der Waals surface area contributed by atoms with E-state index in [1.54, 1.807) is 7.11 Å². The van der Waals surface area contributed by atoms with Crippen LogP contribution in [0.5, 0.6) is 5.75 Å². The van der Waals surface area contributed by atoms with Gasteiger partial charge in [-0.3, -0.25) is 4.90 Å². The van der Waals surface area contributed by atoms with Crippen LogP contribution in [0, 0.1) is 0 Å². The van der Waals surface area contributed by atoms with E-state index in [-0.39, 0.29) is 0 Å². The van der Waals surface area contributed by atoms with Gasteiger partial charge in [-0.1, -0.05) is 18.2 Å². The molecule has 4 heteroatoms. The summed E-state index contributed by atoms with van der Waals surface area (Å²) in [4.78, 5) is 2.24. The van der Waals surface area contributed by atoms with Crippen molar-refractivity contribution in [2.45, 2.75) is 25.6 Å². The van der Waals surface area contributed by atoms with Gasteiger partial charge in [0.2, 0.25) is 0 Å². The molecule has 19 heavy (non-hydrogen) atoms. The van der Waals surface area contributed by atoms with Crippen molar-refractivity contribution in [3.05, 3.63) is 29.8 Å². The lowest BCUT2D eigenvalue weighted by atomic mass is 10.1. The van der Waals surface area contributed by atoms with Crippen LogP contribution in [0.4, 0.5) is 0 Å². The molecule has 0 aliphatic carbocycles. The molecular weight excluding hydrogens is 242 g/mol. The molecule has 106 valence electrons. The third kappa shape index (κ3) is 3.69. The van der Waals surface area contributed by atoms with Gasteiger partial charge in [0.25, 0.3) is 0 Å². The summed E-state index contributed by atoms with van der Waals surface area (Å²) in [6.07, 6.45) is 0.823. The smallest absolute Gasteiger partial charge is 0.125 e. The van der Waals surface area contributed by atoms with Gasteiger partial charge >= 0.3 is 0 Å². The monoisotopic (exact) mass is 265 g/mol. The Morgan fingerprint density at radius 2 is 2.21 bits per heavy atom. The lowest BCUT2D eigenvalue weighted by molar-refractivity contribution is 0.0887. The summed E-state index contributed by atoms with van der Waals surface area (Å²) < 4.78 is 10.9. The standard InChI is InChI=1S/C15H23NO3/c1-3-19-15-7-5-4-6-13(15)14(17)11-16-9-8-12(10-16)18-2/h4-7,12,14,17H,3,8-11H2,1-2H3. The number of aliphatic hydroxyl groups is 1. The van der Waals surface area contributed by atoms with Gasteiger partial charge < -0.3 is 14.6 Å². The highest BCUT2D eigenvalue weighted by atomic mass is 16.5. The van der Waals surface area contributed by atoms with Crippen LogP contribution in [0.15, 0.2) is 24.3 Å². The molecule has 0 aromatic heterocycles. The molecule has 0 saturated carbocycles. The Bertz CT molecular complexity index is 397. The number of β-amino-alcohol motifs (C(OH)–C–C–N with tert-alkyl or cyclic N) is 1. The predicted molar refractivity (Wildman–Crippen MR) is 74.4 cm³/mol. The summed E-state index contributed by atoms with van der Waals surface area (Å²) in [5, 5.41) is 10.4. The number of benzene rings is 1. The van der Waals surface area contributed by atoms with Crippen LogP contribution in [0.3, 0.4) is 0 Å². The first-order valence-corrected chi connectivity index (χ1v) is 6.89. The molecule has 2 rings (SSSR count). The normalized spacial score (nSPS) is 21.5. The molecule has 1 fully saturated rings. The first-order chi connectivity index (χ1) is 9.24. The summed E-state index contributed by atoms with van der Waals surface area (Å²) >= 11 is 0. The Labute approximate surface area is 114 Å². The quantitative estimate of drug-likeness (QED) is 0.852. The van der Waals surface area contributed by atoms with Crippen molar-refractivity contribution in [3.8, 4) is 5.75 Å². The van der Waals surface area contributed by atoms with Crippen LogP contribution in [0.25, 0.3) is 0 Å². The topological polar surface area (TPSA) is 41.9 Å². The third-order valence-corrected chi connectivity index (χ3v) is 3.57. The minimum absolute atomic E-state index is 0.300. The average molecular weight is 265 g/mol. The van der Waals surface area contributed by atoms with Crippen molar-refractivity contribution in [1.82, 2.24) is 4.90 Å². The van der Waals surface area contributed by atoms with Gasteiger partial charge in [0.15, 0.2) is 0 Å². The van der Waals surface area contributed by atoms with E-state index < -0.39 is 6.10 Å². The van der Waals surface area contributed by atoms with Crippen LogP contribution in [0.1, 0.15) is 25.0 Å². The van der Waals surface area contributed by atoms with Gasteiger partial charge in [-0.05, 0) is 19.4 Å². The Hall–Kier alpha value is -1.10. The van der Waals surface area contributed by atoms with E-state index >= 15 is 0 Å². The van der Waals surface area contributed by atoms with E-state index in [0.717, 1.165) is 30.8 Å². The van der Waals surface area contributed by atoms with E-state index in [1.165, 1.54) is 0 Å². The van der Waals surface area contributed by atoms with Gasteiger partial charge in [-0.25, -0.2) is 0 Å². The molecule has 1 saturated heterocycles. The number of rotatable bonds is 6. The second-order valence-electron chi connectivity index (χ2n) is 4.89. The molecule has 2 unspecified atom stereocenters. The fourth-order valence-electron chi connectivity index (χ4n) is 2.54. The molecule has 0 spiro atoms. The summed E-state index contributed by atoms with van der Waals surface area (Å²) in [5.41, 5.74) is 0.866. The van der Waals surface area contributed by atoms with Crippen molar-refractivity contribution in [2.75, 3.05) is 33.4 Å². The molecule has 1 aromatic rings. The molecule has 1 aliphatic rings. The number of methoxy groups -OCH3 is 1. The highest BCUT2D eigenvalue weighted by Gasteiger charge is 2.25. The molecular formula is C15H23NO3. The van der Waals surface area contributed by atoms with Gasteiger partial charge in [-0.15, -0.1) is 0 Å². The molecule has 2 atom stereocenters. The van der Waals surface area contributed by atoms with Crippen molar-refractivity contribution in [1.29, 1.82) is 0 Å². The zero-order valence-corrected chi connectivity index (χ0v) is 11.7. The van der Waals surface area contributed by atoms with Crippen LogP contribution in [-0.2, 0) is 4.74 Å². The number of aliphatic hydroxyl groups excluding tert-OH is 1. The predicted octanol–water partition coefficient (Wildman–Crippen LogP) is 1.84. The summed E-state index contributed by atoms with van der Waals surface area (Å²) in [6, 6.07) is 7.70. The molecule has 1 aliphatic heterocycles. The molecule has 1 N–H and O–H groups in total. The lowest BCUT2D eigenvalue weighted by Crippen LogP contribution is -2.28. The van der Waals surface area contributed by atoms with Crippen molar-refractivity contribution >= 4 is 0 Å². The maximum Gasteiger partial charge on any atom is 0.125 e. The second kappa shape index (κ2) is 6.89. The average Bonchev–Trinajstić information content (AvgIpc) is 2.87. The maximum absolute atomic E-state index is 10.4. The van der Waals surface area contributed by atoms with Gasteiger partial charge in [0.05, 0.1) is 18.8 Å². The SMILES string of the molecule is CCOc1ccccc1C(O)CN1CCC(OC)C1. The zero-order chi connectivity index (χ0) is 13.7. The Morgan fingerprint density at radius 3 is 2.89 bits per heavy atom. The van der Waals surface area contributed by atoms with E-state index in [2.05, 4.69) is 4.90 Å². The van der Waals surface area contributed by atoms with Crippen molar-refractivity contribution < 1.29 is 14.6 Å². The van der Waals surface area contributed by atoms with E-state index in [0.29, 0.717) is 19.3 Å². The van der Waals surface area contributed by atoms with Crippen LogP contribution in [0.2, 0.25) is 0 Å². The number of para-hydroxylation sites is 1. The summed E-state index contributed by atoms with van der Waals surface area (Å²) in [5.74, 6) is 0.778. The number of ether oxygens (including phenoxy) is 2. The van der Waals surface area contributed by atoms with E-state index in [1.807, 2.05) is 31.2 Å². The second-order valence-corrected chi connectivity index (χ2v) is 4.89. The number of hydrogen-bond donors (Lipinski definition) is 1. The molecule has 1 aromatic carbocycles. The van der Waals surface area contributed by atoms with Gasteiger partial charge in [0, 0.05) is 32.3 Å². The van der Waals surface area contributed by atoms with Gasteiger partial charge in [-0.2, -0.15) is 0 Å². The Balaban J connectivity index is 1.98. The molecule has 4 nitrogen and oxygen atoms in total. The Kier molecular flexibility index (Phi) is 5.19. The van der Waals surface area contributed by atoms with E-state index in [4.69, 9.17) is 9.47 Å². The van der Waals surface area contributed by atoms with Crippen LogP contribution < -0.4 is 4.74 Å². The molecule has 0 bridgehead atoms. The maximum atomic E-state index is 10.4. The molecule has 0 radical (unpaired) electrons. The number of hydrogen-bond acceptors (Lipinski definition) is 4. The van der Waals surface area contributed by atoms with Crippen molar-refractivity contribution in [3.63, 3.8) is 0 Å². The highest BCUT2D eigenvalue weighted by Crippen LogP contribution is 2.26. The fraction of sp³-hybridized carbons (Fsp3) is 0.600. The highest BCUT2D eigenvalue weighted by molar-refractivity contribution is 5.35. The first-order valence-electron chi connectivity index (χ1n) is 6.89. The first kappa shape index (κ1) is 14.3. The Morgan fingerprint density at radius 1 is 1.42 bits per heavy atom. The summed E-state index contributed by atoms with van der Waals surface area (Å²) in [7, 11) is 1.75. The summed E-state index contributed by atoms with van der Waals surface area (Å²) in [6.45, 7) is 5.06. The van der Waals surface area contributed by atoms with Crippen LogP contribution >= 0.6 is 0 Å². The number of likely N-dealkylation sites (tertiary alicyclic amines) is 1. The van der Waals surface area contributed by atoms with Gasteiger partial charge in [0.1, 0.15) is 5.75 Å².